The third-order valence-electron chi connectivity index (χ3n) is 3.61. The third-order valence-corrected chi connectivity index (χ3v) is 5.96. The van der Waals surface area contributed by atoms with Crippen LogP contribution in [0.2, 0.25) is 0 Å². The van der Waals surface area contributed by atoms with E-state index in [9.17, 15) is 26.0 Å². The third kappa shape index (κ3) is 5.28. The van der Waals surface area contributed by atoms with Crippen LogP contribution in [0.5, 0.6) is 5.88 Å². The molecule has 0 aliphatic heterocycles. The fourth-order valence-electron chi connectivity index (χ4n) is 2.26. The van der Waals surface area contributed by atoms with Gasteiger partial charge in [-0.15, -0.1) is 21.5 Å². The number of ether oxygens (including phenoxy) is 1. The highest BCUT2D eigenvalue weighted by atomic mass is 32.2. The molecule has 2 aromatic heterocycles. The smallest absolute Gasteiger partial charge is 0.419 e. The van der Waals surface area contributed by atoms with E-state index in [1.165, 1.54) is 11.3 Å². The summed E-state index contributed by atoms with van der Waals surface area (Å²) in [5.74, 6) is -1.39. The van der Waals surface area contributed by atoms with E-state index in [1.807, 2.05) is 17.5 Å². The van der Waals surface area contributed by atoms with Gasteiger partial charge in [0.25, 0.3) is 0 Å². The first-order valence-corrected chi connectivity index (χ1v) is 10.4. The van der Waals surface area contributed by atoms with Crippen molar-refractivity contribution in [2.45, 2.75) is 11.1 Å². The summed E-state index contributed by atoms with van der Waals surface area (Å²) >= 11 is 1.49. The van der Waals surface area contributed by atoms with Crippen molar-refractivity contribution in [1.82, 2.24) is 14.9 Å². The van der Waals surface area contributed by atoms with Crippen LogP contribution in [0, 0.1) is 5.82 Å². The van der Waals surface area contributed by atoms with Crippen LogP contribution in [0.3, 0.4) is 0 Å². The molecule has 29 heavy (non-hydrogen) atoms. The molecule has 12 heteroatoms. The lowest BCUT2D eigenvalue weighted by atomic mass is 10.2. The van der Waals surface area contributed by atoms with Gasteiger partial charge in [0, 0.05) is 12.6 Å². The lowest BCUT2D eigenvalue weighted by Gasteiger charge is -2.11. The maximum absolute atomic E-state index is 13.3. The molecule has 1 aromatic carbocycles. The second-order valence-electron chi connectivity index (χ2n) is 5.62. The summed E-state index contributed by atoms with van der Waals surface area (Å²) in [4.78, 5) is 0.223. The van der Waals surface area contributed by atoms with E-state index in [0.717, 1.165) is 10.9 Å². The van der Waals surface area contributed by atoms with Gasteiger partial charge in [-0.1, -0.05) is 6.07 Å². The number of benzene rings is 1. The summed E-state index contributed by atoms with van der Waals surface area (Å²) in [6.07, 6.45) is -5.01. The summed E-state index contributed by atoms with van der Waals surface area (Å²) in [5, 5.41) is 9.75. The first kappa shape index (κ1) is 21.1. The minimum absolute atomic E-state index is 0.139. The van der Waals surface area contributed by atoms with E-state index in [2.05, 4.69) is 14.9 Å². The van der Waals surface area contributed by atoms with E-state index in [0.29, 0.717) is 11.8 Å². The minimum atomic E-state index is -5.01. The average molecular weight is 447 g/mol. The molecule has 3 rings (SSSR count). The molecule has 0 aliphatic rings. The van der Waals surface area contributed by atoms with Crippen molar-refractivity contribution in [1.29, 1.82) is 0 Å². The molecule has 3 aromatic rings. The minimum Gasteiger partial charge on any atom is -0.475 e. The second kappa shape index (κ2) is 8.43. The topological polar surface area (TPSA) is 81.2 Å². The first-order chi connectivity index (χ1) is 13.7. The number of hydrogen-bond donors (Lipinski definition) is 1. The molecule has 2 heterocycles. The Balaban J connectivity index is 1.57. The number of nitrogens with one attached hydrogen (secondary N) is 1. The van der Waals surface area contributed by atoms with E-state index in [4.69, 9.17) is 4.74 Å². The van der Waals surface area contributed by atoms with Gasteiger partial charge in [0.1, 0.15) is 18.1 Å². The lowest BCUT2D eigenvalue weighted by molar-refractivity contribution is -0.140. The maximum Gasteiger partial charge on any atom is 0.419 e. The molecule has 0 amide bonds. The average Bonchev–Trinajstić information content (AvgIpc) is 3.20. The predicted octanol–water partition coefficient (Wildman–Crippen LogP) is 3.72. The normalized spacial score (nSPS) is 12.1. The van der Waals surface area contributed by atoms with Crippen molar-refractivity contribution in [3.8, 4) is 16.5 Å². The van der Waals surface area contributed by atoms with Gasteiger partial charge < -0.3 is 4.74 Å². The number of nitrogens with zero attached hydrogens (tertiary/aromatic N) is 2. The summed E-state index contributed by atoms with van der Waals surface area (Å²) < 4.78 is 83.1. The van der Waals surface area contributed by atoms with E-state index < -0.39 is 32.5 Å². The van der Waals surface area contributed by atoms with Gasteiger partial charge in [0.2, 0.25) is 15.9 Å². The molecule has 0 bridgehead atoms. The Morgan fingerprint density at radius 2 is 1.90 bits per heavy atom. The molecular formula is C17H13F4N3O3S2. The molecule has 0 unspecified atom stereocenters. The molecule has 0 saturated heterocycles. The maximum atomic E-state index is 13.3. The van der Waals surface area contributed by atoms with E-state index in [1.54, 1.807) is 12.1 Å². The van der Waals surface area contributed by atoms with Crippen LogP contribution in [0.4, 0.5) is 17.6 Å². The number of aromatic nitrogens is 2. The van der Waals surface area contributed by atoms with Crippen molar-refractivity contribution in [2.75, 3.05) is 13.2 Å². The Kier molecular flexibility index (Phi) is 6.15. The summed E-state index contributed by atoms with van der Waals surface area (Å²) in [5.41, 5.74) is -0.998. The van der Waals surface area contributed by atoms with Crippen molar-refractivity contribution in [3.63, 3.8) is 0 Å². The molecular weight excluding hydrogens is 434 g/mol. The predicted molar refractivity (Wildman–Crippen MR) is 97.4 cm³/mol. The fraction of sp³-hybridized carbons (Fsp3) is 0.176. The van der Waals surface area contributed by atoms with Gasteiger partial charge in [0.15, 0.2) is 0 Å². The van der Waals surface area contributed by atoms with Crippen molar-refractivity contribution < 1.29 is 30.7 Å². The van der Waals surface area contributed by atoms with Crippen molar-refractivity contribution in [3.05, 3.63) is 59.2 Å². The molecule has 0 aliphatic carbocycles. The standard InChI is InChI=1S/C17H13F4N3O3S2/c18-13-4-3-11(10-12(13)17(19,20)21)29(25,26)22-7-8-27-16-6-5-14(23-24-16)15-2-1-9-28-15/h1-6,9-10,22H,7-8H2. The molecule has 0 saturated carbocycles. The van der Waals surface area contributed by atoms with Gasteiger partial charge >= 0.3 is 6.18 Å². The molecule has 0 fully saturated rings. The highest BCUT2D eigenvalue weighted by Crippen LogP contribution is 2.32. The Hall–Kier alpha value is -2.57. The molecule has 0 radical (unpaired) electrons. The van der Waals surface area contributed by atoms with Gasteiger partial charge in [0.05, 0.1) is 15.3 Å². The largest absolute Gasteiger partial charge is 0.475 e. The zero-order valence-corrected chi connectivity index (χ0v) is 16.1. The fourth-order valence-corrected chi connectivity index (χ4v) is 3.99. The van der Waals surface area contributed by atoms with Crippen LogP contribution in [0.15, 0.2) is 52.7 Å². The first-order valence-electron chi connectivity index (χ1n) is 8.03. The quantitative estimate of drug-likeness (QED) is 0.441. The number of sulfonamides is 1. The van der Waals surface area contributed by atoms with Crippen LogP contribution >= 0.6 is 11.3 Å². The monoisotopic (exact) mass is 447 g/mol. The lowest BCUT2D eigenvalue weighted by Crippen LogP contribution is -2.28. The van der Waals surface area contributed by atoms with Gasteiger partial charge in [-0.25, -0.2) is 17.5 Å². The molecule has 1 N–H and O–H groups in total. The highest BCUT2D eigenvalue weighted by Gasteiger charge is 2.35. The van der Waals surface area contributed by atoms with Gasteiger partial charge in [-0.2, -0.15) is 13.2 Å². The summed E-state index contributed by atoms with van der Waals surface area (Å²) in [6, 6.07) is 8.46. The second-order valence-corrected chi connectivity index (χ2v) is 8.33. The Morgan fingerprint density at radius 3 is 2.52 bits per heavy atom. The van der Waals surface area contributed by atoms with Crippen LogP contribution in [-0.2, 0) is 16.2 Å². The number of thiophene rings is 1. The molecule has 6 nitrogen and oxygen atoms in total. The van der Waals surface area contributed by atoms with Crippen LogP contribution in [0.25, 0.3) is 10.6 Å². The SMILES string of the molecule is O=S(=O)(NCCOc1ccc(-c2cccs2)nn1)c1ccc(F)c(C(F)(F)F)c1. The van der Waals surface area contributed by atoms with Crippen LogP contribution in [-0.4, -0.2) is 31.8 Å². The number of halogens is 4. The van der Waals surface area contributed by atoms with E-state index >= 15 is 0 Å². The number of alkyl halides is 3. The Labute approximate surface area is 167 Å². The Bertz CT molecular complexity index is 1070. The Morgan fingerprint density at radius 1 is 1.10 bits per heavy atom. The zero-order valence-electron chi connectivity index (χ0n) is 14.5. The summed E-state index contributed by atoms with van der Waals surface area (Å²) in [6.45, 7) is -0.380. The summed E-state index contributed by atoms with van der Waals surface area (Å²) in [7, 11) is -4.28. The van der Waals surface area contributed by atoms with Crippen LogP contribution < -0.4 is 9.46 Å². The van der Waals surface area contributed by atoms with Crippen molar-refractivity contribution in [2.24, 2.45) is 0 Å². The molecule has 154 valence electrons. The van der Waals surface area contributed by atoms with Gasteiger partial charge in [-0.3, -0.25) is 0 Å². The number of hydrogen-bond acceptors (Lipinski definition) is 6. The van der Waals surface area contributed by atoms with Crippen molar-refractivity contribution >= 4 is 21.4 Å². The zero-order chi connectivity index (χ0) is 21.1. The number of rotatable bonds is 7. The van der Waals surface area contributed by atoms with Crippen LogP contribution in [0.1, 0.15) is 5.56 Å². The van der Waals surface area contributed by atoms with Gasteiger partial charge in [-0.05, 0) is 35.7 Å². The van der Waals surface area contributed by atoms with E-state index in [-0.39, 0.29) is 25.1 Å². The molecule has 0 spiro atoms. The highest BCUT2D eigenvalue weighted by molar-refractivity contribution is 7.89. The molecule has 0 atom stereocenters.